The number of nitrogens with one attached hydrogen (secondary N) is 1. The molecule has 5 nitrogen and oxygen atoms in total. The number of phenols is 2. The van der Waals surface area contributed by atoms with Crippen LogP contribution in [0.4, 0.5) is 0 Å². The fourth-order valence-electron chi connectivity index (χ4n) is 2.85. The minimum absolute atomic E-state index is 0.0467. The molecule has 1 saturated heterocycles. The molecule has 0 unspecified atom stereocenters. The van der Waals surface area contributed by atoms with Gasteiger partial charge in [-0.05, 0) is 36.9 Å². The Morgan fingerprint density at radius 3 is 2.67 bits per heavy atom. The van der Waals surface area contributed by atoms with Crippen LogP contribution in [0.1, 0.15) is 30.6 Å². The molecule has 3 N–H and O–H groups in total. The normalized spacial score (nSPS) is 19.1. The van der Waals surface area contributed by atoms with E-state index in [0.29, 0.717) is 18.4 Å². The van der Waals surface area contributed by atoms with Crippen LogP contribution in [0, 0.1) is 11.8 Å². The van der Waals surface area contributed by atoms with Crippen molar-refractivity contribution in [1.29, 1.82) is 0 Å². The Kier molecular flexibility index (Phi) is 5.07. The van der Waals surface area contributed by atoms with E-state index in [2.05, 4.69) is 24.1 Å². The summed E-state index contributed by atoms with van der Waals surface area (Å²) in [5.74, 6) is 0.269. The maximum atomic E-state index is 12.1. The third-order valence-corrected chi connectivity index (χ3v) is 3.79. The largest absolute Gasteiger partial charge is 0.507 e. The molecule has 1 aliphatic rings. The van der Waals surface area contributed by atoms with Gasteiger partial charge >= 0.3 is 0 Å². The highest BCUT2D eigenvalue weighted by Crippen LogP contribution is 2.26. The number of aromatic hydroxyl groups is 2. The minimum atomic E-state index is -0.423. The molecule has 0 spiro atoms. The molecule has 1 heterocycles. The lowest BCUT2D eigenvalue weighted by atomic mass is 10.1. The molecule has 21 heavy (non-hydrogen) atoms. The van der Waals surface area contributed by atoms with Gasteiger partial charge in [-0.1, -0.05) is 19.9 Å². The average Bonchev–Trinajstić information content (AvgIpc) is 2.83. The van der Waals surface area contributed by atoms with Gasteiger partial charge in [-0.2, -0.15) is 0 Å². The zero-order valence-corrected chi connectivity index (χ0v) is 12.7. The number of hydrogen-bond acceptors (Lipinski definition) is 4. The average molecular weight is 292 g/mol. The Balaban J connectivity index is 1.85. The second kappa shape index (κ2) is 6.80. The van der Waals surface area contributed by atoms with E-state index >= 15 is 0 Å². The highest BCUT2D eigenvalue weighted by molar-refractivity contribution is 5.99. The highest BCUT2D eigenvalue weighted by Gasteiger charge is 2.24. The summed E-state index contributed by atoms with van der Waals surface area (Å²) in [6, 6.07) is 4.30. The van der Waals surface area contributed by atoms with Crippen molar-refractivity contribution in [3.63, 3.8) is 0 Å². The lowest BCUT2D eigenvalue weighted by molar-refractivity contribution is 0.0941. The summed E-state index contributed by atoms with van der Waals surface area (Å²) in [5, 5.41) is 22.1. The van der Waals surface area contributed by atoms with Crippen LogP contribution in [0.3, 0.4) is 0 Å². The van der Waals surface area contributed by atoms with Crippen LogP contribution in [0.5, 0.6) is 11.5 Å². The first kappa shape index (κ1) is 15.6. The van der Waals surface area contributed by atoms with Gasteiger partial charge in [0, 0.05) is 19.6 Å². The molecule has 1 aliphatic heterocycles. The van der Waals surface area contributed by atoms with E-state index in [9.17, 15) is 15.0 Å². The van der Waals surface area contributed by atoms with Crippen LogP contribution in [0.25, 0.3) is 0 Å². The summed E-state index contributed by atoms with van der Waals surface area (Å²) in [6.45, 7) is 8.13. The minimum Gasteiger partial charge on any atom is -0.507 e. The Hall–Kier alpha value is -1.75. The first-order valence-electron chi connectivity index (χ1n) is 7.49. The molecule has 1 atom stereocenters. The first-order chi connectivity index (χ1) is 9.97. The van der Waals surface area contributed by atoms with Gasteiger partial charge in [0.15, 0.2) is 0 Å². The van der Waals surface area contributed by atoms with E-state index in [1.54, 1.807) is 0 Å². The van der Waals surface area contributed by atoms with Gasteiger partial charge < -0.3 is 20.4 Å². The number of nitrogens with zero attached hydrogens (tertiary/aromatic N) is 1. The smallest absolute Gasteiger partial charge is 0.258 e. The Labute approximate surface area is 125 Å². The fraction of sp³-hybridized carbons (Fsp3) is 0.562. The van der Waals surface area contributed by atoms with E-state index in [0.717, 1.165) is 26.1 Å². The predicted molar refractivity (Wildman–Crippen MR) is 81.5 cm³/mol. The van der Waals surface area contributed by atoms with Gasteiger partial charge in [0.25, 0.3) is 5.91 Å². The first-order valence-corrected chi connectivity index (χ1v) is 7.49. The number of benzene rings is 1. The SMILES string of the molecule is CC(C)CN1CC[C@H](CNC(=O)c2c(O)cccc2O)C1. The molecule has 1 aromatic rings. The zero-order valence-electron chi connectivity index (χ0n) is 12.7. The number of carbonyl (C=O) groups is 1. The summed E-state index contributed by atoms with van der Waals surface area (Å²) in [5.41, 5.74) is -0.0467. The Bertz CT molecular complexity index is 482. The topological polar surface area (TPSA) is 72.8 Å². The van der Waals surface area contributed by atoms with Crippen LogP contribution in [-0.4, -0.2) is 47.2 Å². The van der Waals surface area contributed by atoms with Crippen molar-refractivity contribution in [2.24, 2.45) is 11.8 Å². The standard InChI is InChI=1S/C16H24N2O3/c1-11(2)9-18-7-6-12(10-18)8-17-16(21)15-13(19)4-3-5-14(15)20/h3-5,11-12,19-20H,6-10H2,1-2H3,(H,17,21)/t12-/m1/s1. The number of hydrogen-bond donors (Lipinski definition) is 3. The van der Waals surface area contributed by atoms with E-state index in [1.165, 1.54) is 18.2 Å². The molecule has 2 rings (SSSR count). The molecule has 1 fully saturated rings. The lowest BCUT2D eigenvalue weighted by Gasteiger charge is -2.18. The molecule has 0 aliphatic carbocycles. The maximum absolute atomic E-state index is 12.1. The van der Waals surface area contributed by atoms with Crippen LogP contribution < -0.4 is 5.32 Å². The second-order valence-corrected chi connectivity index (χ2v) is 6.19. The van der Waals surface area contributed by atoms with Gasteiger partial charge in [0.05, 0.1) is 0 Å². The molecular weight excluding hydrogens is 268 g/mol. The van der Waals surface area contributed by atoms with Crippen LogP contribution in [0.2, 0.25) is 0 Å². The number of rotatable bonds is 5. The van der Waals surface area contributed by atoms with Crippen molar-refractivity contribution in [3.8, 4) is 11.5 Å². The summed E-state index contributed by atoms with van der Waals surface area (Å²) in [7, 11) is 0. The van der Waals surface area contributed by atoms with Gasteiger partial charge in [-0.15, -0.1) is 0 Å². The summed E-state index contributed by atoms with van der Waals surface area (Å²) in [6.07, 6.45) is 1.07. The quantitative estimate of drug-likeness (QED) is 0.774. The van der Waals surface area contributed by atoms with E-state index in [-0.39, 0.29) is 17.1 Å². The van der Waals surface area contributed by atoms with Crippen LogP contribution in [0.15, 0.2) is 18.2 Å². The van der Waals surface area contributed by atoms with E-state index < -0.39 is 5.91 Å². The predicted octanol–water partition coefficient (Wildman–Crippen LogP) is 1.81. The summed E-state index contributed by atoms with van der Waals surface area (Å²) >= 11 is 0. The number of carbonyl (C=O) groups excluding carboxylic acids is 1. The van der Waals surface area contributed by atoms with Gasteiger partial charge in [-0.3, -0.25) is 4.79 Å². The van der Waals surface area contributed by atoms with Crippen molar-refractivity contribution in [1.82, 2.24) is 10.2 Å². The molecule has 1 aromatic carbocycles. The molecule has 116 valence electrons. The van der Waals surface area contributed by atoms with Crippen molar-refractivity contribution < 1.29 is 15.0 Å². The van der Waals surface area contributed by atoms with Gasteiger partial charge in [0.1, 0.15) is 17.1 Å². The van der Waals surface area contributed by atoms with Crippen LogP contribution in [-0.2, 0) is 0 Å². The number of likely N-dealkylation sites (tertiary alicyclic amines) is 1. The van der Waals surface area contributed by atoms with Gasteiger partial charge in [0.2, 0.25) is 0 Å². The van der Waals surface area contributed by atoms with Gasteiger partial charge in [-0.25, -0.2) is 0 Å². The molecule has 0 bridgehead atoms. The van der Waals surface area contributed by atoms with Crippen LogP contribution >= 0.6 is 0 Å². The molecule has 0 saturated carbocycles. The maximum Gasteiger partial charge on any atom is 0.258 e. The number of phenolic OH excluding ortho intramolecular Hbond substituents is 2. The number of amides is 1. The Morgan fingerprint density at radius 2 is 2.05 bits per heavy atom. The van der Waals surface area contributed by atoms with Crippen molar-refractivity contribution in [3.05, 3.63) is 23.8 Å². The third kappa shape index (κ3) is 4.11. The van der Waals surface area contributed by atoms with Crippen molar-refractivity contribution in [2.75, 3.05) is 26.2 Å². The molecule has 0 radical (unpaired) electrons. The van der Waals surface area contributed by atoms with Crippen molar-refractivity contribution in [2.45, 2.75) is 20.3 Å². The monoisotopic (exact) mass is 292 g/mol. The Morgan fingerprint density at radius 1 is 1.38 bits per heavy atom. The molecular formula is C16H24N2O3. The zero-order chi connectivity index (χ0) is 15.4. The molecule has 5 heteroatoms. The molecule has 0 aromatic heterocycles. The lowest BCUT2D eigenvalue weighted by Crippen LogP contribution is -2.32. The fourth-order valence-corrected chi connectivity index (χ4v) is 2.85. The van der Waals surface area contributed by atoms with E-state index in [1.807, 2.05) is 0 Å². The highest BCUT2D eigenvalue weighted by atomic mass is 16.3. The van der Waals surface area contributed by atoms with Crippen molar-refractivity contribution >= 4 is 5.91 Å². The summed E-state index contributed by atoms with van der Waals surface area (Å²) < 4.78 is 0. The molecule has 1 amide bonds. The van der Waals surface area contributed by atoms with E-state index in [4.69, 9.17) is 0 Å². The second-order valence-electron chi connectivity index (χ2n) is 6.19. The third-order valence-electron chi connectivity index (χ3n) is 3.79. The summed E-state index contributed by atoms with van der Waals surface area (Å²) in [4.78, 5) is 14.5.